The molecule has 2 aliphatic heterocycles. The van der Waals surface area contributed by atoms with Crippen molar-refractivity contribution < 1.29 is 14.1 Å². The van der Waals surface area contributed by atoms with E-state index in [1.54, 1.807) is 13.0 Å². The third kappa shape index (κ3) is 4.31. The molecule has 3 amide bonds. The largest absolute Gasteiger partial charge is 0.360 e. The number of anilines is 1. The summed E-state index contributed by atoms with van der Waals surface area (Å²) in [6.07, 6.45) is 3.42. The molecule has 1 N–H and O–H groups in total. The molecule has 0 unspecified atom stereocenters. The number of carbonyl (C=O) groups excluding carboxylic acids is 2. The van der Waals surface area contributed by atoms with Gasteiger partial charge in [0.15, 0.2) is 5.82 Å². The van der Waals surface area contributed by atoms with Gasteiger partial charge in [0.25, 0.3) is 0 Å². The number of piperazine rings is 1. The highest BCUT2D eigenvalue weighted by molar-refractivity contribution is 5.93. The number of nitrogens with one attached hydrogen (secondary N) is 1. The molecular weight excluding hydrogens is 322 g/mol. The molecule has 0 aromatic carbocycles. The molecule has 25 heavy (non-hydrogen) atoms. The minimum atomic E-state index is -0.274. The highest BCUT2D eigenvalue weighted by Crippen LogP contribution is 2.15. The Labute approximate surface area is 148 Å². The summed E-state index contributed by atoms with van der Waals surface area (Å²) >= 11 is 0. The summed E-state index contributed by atoms with van der Waals surface area (Å²) in [7, 11) is 0. The summed E-state index contributed by atoms with van der Waals surface area (Å²) in [5.74, 6) is 0.991. The summed E-state index contributed by atoms with van der Waals surface area (Å²) in [6, 6.07) is 1.57. The van der Waals surface area contributed by atoms with E-state index in [9.17, 15) is 9.59 Å². The molecule has 0 saturated carbocycles. The third-order valence-corrected chi connectivity index (χ3v) is 5.02. The lowest BCUT2D eigenvalue weighted by Crippen LogP contribution is -2.56. The summed E-state index contributed by atoms with van der Waals surface area (Å²) in [4.78, 5) is 30.9. The fourth-order valence-corrected chi connectivity index (χ4v) is 3.41. The molecule has 0 aliphatic carbocycles. The fraction of sp³-hybridized carbons (Fsp3) is 0.706. The third-order valence-electron chi connectivity index (χ3n) is 5.02. The van der Waals surface area contributed by atoms with Crippen LogP contribution in [0.1, 0.15) is 31.9 Å². The van der Waals surface area contributed by atoms with Crippen LogP contribution in [0.3, 0.4) is 0 Å². The normalized spacial score (nSPS) is 20.4. The van der Waals surface area contributed by atoms with Crippen molar-refractivity contribution >= 4 is 17.8 Å². The van der Waals surface area contributed by atoms with Crippen LogP contribution in [0.15, 0.2) is 10.6 Å². The number of amides is 3. The molecule has 2 aliphatic rings. The van der Waals surface area contributed by atoms with E-state index in [-0.39, 0.29) is 18.0 Å². The number of aryl methyl sites for hydroxylation is 1. The average molecular weight is 349 g/mol. The maximum absolute atomic E-state index is 12.5. The van der Waals surface area contributed by atoms with Crippen LogP contribution >= 0.6 is 0 Å². The van der Waals surface area contributed by atoms with Crippen LogP contribution in [-0.4, -0.2) is 77.1 Å². The van der Waals surface area contributed by atoms with Gasteiger partial charge in [0.1, 0.15) is 5.76 Å². The summed E-state index contributed by atoms with van der Waals surface area (Å²) in [6.45, 7) is 8.13. The molecule has 138 valence electrons. The van der Waals surface area contributed by atoms with Crippen LogP contribution in [0.4, 0.5) is 10.6 Å². The van der Waals surface area contributed by atoms with Gasteiger partial charge in [-0.25, -0.2) is 4.79 Å². The second-order valence-corrected chi connectivity index (χ2v) is 6.84. The number of hydrogen-bond acceptors (Lipinski definition) is 5. The highest BCUT2D eigenvalue weighted by atomic mass is 16.5. The van der Waals surface area contributed by atoms with E-state index in [1.807, 2.05) is 16.7 Å². The van der Waals surface area contributed by atoms with Crippen molar-refractivity contribution in [2.75, 3.05) is 44.6 Å². The van der Waals surface area contributed by atoms with Gasteiger partial charge >= 0.3 is 6.03 Å². The van der Waals surface area contributed by atoms with Crippen molar-refractivity contribution in [3.05, 3.63) is 11.8 Å². The van der Waals surface area contributed by atoms with Gasteiger partial charge < -0.3 is 19.6 Å². The second kappa shape index (κ2) is 7.86. The molecule has 0 radical (unpaired) electrons. The Kier molecular flexibility index (Phi) is 5.57. The molecular formula is C17H27N5O3. The molecule has 0 spiro atoms. The van der Waals surface area contributed by atoms with Crippen LogP contribution in [0.5, 0.6) is 0 Å². The first-order valence-corrected chi connectivity index (χ1v) is 9.06. The molecule has 2 fully saturated rings. The second-order valence-electron chi connectivity index (χ2n) is 6.84. The quantitative estimate of drug-likeness (QED) is 0.895. The summed E-state index contributed by atoms with van der Waals surface area (Å²) < 4.78 is 4.96. The zero-order chi connectivity index (χ0) is 17.8. The van der Waals surface area contributed by atoms with Crippen LogP contribution in [0.25, 0.3) is 0 Å². The van der Waals surface area contributed by atoms with E-state index in [1.165, 1.54) is 6.42 Å². The minimum absolute atomic E-state index is 0.107. The number of piperidine rings is 1. The molecule has 3 rings (SSSR count). The summed E-state index contributed by atoms with van der Waals surface area (Å²) in [5, 5.41) is 6.56. The first-order valence-electron chi connectivity index (χ1n) is 9.06. The standard InChI is InChI=1S/C17H27N5O3/c1-13-12-15(19-25-13)18-16(23)14(2)20-8-10-22(11-9-20)17(24)21-6-4-3-5-7-21/h12,14H,3-11H2,1-2H3,(H,18,19,23)/t14-/m1/s1. The zero-order valence-corrected chi connectivity index (χ0v) is 15.0. The molecule has 1 aromatic rings. The number of urea groups is 1. The van der Waals surface area contributed by atoms with Crippen LogP contribution < -0.4 is 5.32 Å². The number of nitrogens with zero attached hydrogens (tertiary/aromatic N) is 4. The average Bonchev–Trinajstić information content (AvgIpc) is 3.06. The van der Waals surface area contributed by atoms with E-state index >= 15 is 0 Å². The first-order chi connectivity index (χ1) is 12.0. The predicted octanol–water partition coefficient (Wildman–Crippen LogP) is 1.53. The van der Waals surface area contributed by atoms with E-state index in [0.29, 0.717) is 37.8 Å². The molecule has 1 atom stereocenters. The minimum Gasteiger partial charge on any atom is -0.360 e. The number of hydrogen-bond donors (Lipinski definition) is 1. The van der Waals surface area contributed by atoms with Gasteiger partial charge in [-0.3, -0.25) is 9.69 Å². The van der Waals surface area contributed by atoms with Crippen LogP contribution in [-0.2, 0) is 4.79 Å². The fourth-order valence-electron chi connectivity index (χ4n) is 3.41. The summed E-state index contributed by atoms with van der Waals surface area (Å²) in [5.41, 5.74) is 0. The van der Waals surface area contributed by atoms with Gasteiger partial charge in [0, 0.05) is 45.3 Å². The molecule has 3 heterocycles. The van der Waals surface area contributed by atoms with Gasteiger partial charge in [0.2, 0.25) is 5.91 Å². The van der Waals surface area contributed by atoms with Gasteiger partial charge in [-0.1, -0.05) is 5.16 Å². The Morgan fingerprint density at radius 1 is 1.08 bits per heavy atom. The number of aromatic nitrogens is 1. The Bertz CT molecular complexity index is 603. The number of rotatable bonds is 3. The molecule has 8 nitrogen and oxygen atoms in total. The lowest BCUT2D eigenvalue weighted by Gasteiger charge is -2.40. The Balaban J connectivity index is 1.47. The van der Waals surface area contributed by atoms with Crippen molar-refractivity contribution in [3.63, 3.8) is 0 Å². The van der Waals surface area contributed by atoms with Crippen molar-refractivity contribution in [3.8, 4) is 0 Å². The van der Waals surface area contributed by atoms with Gasteiger partial charge in [-0.2, -0.15) is 0 Å². The predicted molar refractivity (Wildman–Crippen MR) is 93.3 cm³/mol. The molecule has 1 aromatic heterocycles. The lowest BCUT2D eigenvalue weighted by atomic mass is 10.1. The highest BCUT2D eigenvalue weighted by Gasteiger charge is 2.30. The molecule has 0 bridgehead atoms. The van der Waals surface area contributed by atoms with Crippen molar-refractivity contribution in [1.29, 1.82) is 0 Å². The van der Waals surface area contributed by atoms with Gasteiger partial charge in [-0.05, 0) is 33.1 Å². The number of likely N-dealkylation sites (tertiary alicyclic amines) is 1. The van der Waals surface area contributed by atoms with Gasteiger partial charge in [-0.15, -0.1) is 0 Å². The Hall–Kier alpha value is -2.09. The SMILES string of the molecule is Cc1cc(NC(=O)[C@@H](C)N2CCN(C(=O)N3CCCCC3)CC2)no1. The number of carbonyl (C=O) groups is 2. The maximum Gasteiger partial charge on any atom is 0.320 e. The van der Waals surface area contributed by atoms with Crippen molar-refractivity contribution in [2.45, 2.75) is 39.2 Å². The molecule has 2 saturated heterocycles. The van der Waals surface area contributed by atoms with Crippen LogP contribution in [0, 0.1) is 6.92 Å². The van der Waals surface area contributed by atoms with E-state index < -0.39 is 0 Å². The zero-order valence-electron chi connectivity index (χ0n) is 15.0. The topological polar surface area (TPSA) is 81.9 Å². The molecule has 8 heteroatoms. The Morgan fingerprint density at radius 2 is 1.72 bits per heavy atom. The van der Waals surface area contributed by atoms with E-state index in [2.05, 4.69) is 15.4 Å². The van der Waals surface area contributed by atoms with Crippen molar-refractivity contribution in [2.24, 2.45) is 0 Å². The lowest BCUT2D eigenvalue weighted by molar-refractivity contribution is -0.121. The monoisotopic (exact) mass is 349 g/mol. The van der Waals surface area contributed by atoms with E-state index in [0.717, 1.165) is 25.9 Å². The Morgan fingerprint density at radius 3 is 2.32 bits per heavy atom. The van der Waals surface area contributed by atoms with Gasteiger partial charge in [0.05, 0.1) is 6.04 Å². The van der Waals surface area contributed by atoms with Crippen LogP contribution in [0.2, 0.25) is 0 Å². The maximum atomic E-state index is 12.5. The van der Waals surface area contributed by atoms with Crippen molar-refractivity contribution in [1.82, 2.24) is 19.9 Å². The first kappa shape index (κ1) is 17.7. The van der Waals surface area contributed by atoms with E-state index in [4.69, 9.17) is 4.52 Å². The smallest absolute Gasteiger partial charge is 0.320 e.